The molecule has 22 heavy (non-hydrogen) atoms. The first-order valence-electron chi connectivity index (χ1n) is 7.45. The molecule has 0 radical (unpaired) electrons. The van der Waals surface area contributed by atoms with Crippen LogP contribution in [-0.2, 0) is 0 Å². The Bertz CT molecular complexity index is 622. The average molecular weight is 296 g/mol. The van der Waals surface area contributed by atoms with Gasteiger partial charge in [0.2, 0.25) is 0 Å². The summed E-state index contributed by atoms with van der Waals surface area (Å²) in [5.41, 5.74) is 2.04. The van der Waals surface area contributed by atoms with Crippen molar-refractivity contribution in [2.75, 3.05) is 38.2 Å². The third-order valence-electron chi connectivity index (χ3n) is 3.72. The maximum Gasteiger partial charge on any atom is 0.142 e. The molecule has 5 heteroatoms. The van der Waals surface area contributed by atoms with Gasteiger partial charge in [-0.2, -0.15) is 5.10 Å². The lowest BCUT2D eigenvalue weighted by Gasteiger charge is -2.35. The summed E-state index contributed by atoms with van der Waals surface area (Å²) in [6, 6.07) is 14.0. The minimum Gasteiger partial charge on any atom is -0.495 e. The summed E-state index contributed by atoms with van der Waals surface area (Å²) < 4.78 is 5.44. The summed E-state index contributed by atoms with van der Waals surface area (Å²) in [5.74, 6) is 0.924. The van der Waals surface area contributed by atoms with Gasteiger partial charge in [0.1, 0.15) is 5.75 Å². The zero-order valence-corrected chi connectivity index (χ0v) is 12.7. The predicted octanol–water partition coefficient (Wildman–Crippen LogP) is 2.25. The molecule has 5 nitrogen and oxygen atoms in total. The SMILES string of the molecule is COc1ccccc1N1CCN(N=Cc2ccccn2)CC1. The Kier molecular flexibility index (Phi) is 4.53. The van der Waals surface area contributed by atoms with Gasteiger partial charge < -0.3 is 9.64 Å². The average Bonchev–Trinajstić information content (AvgIpc) is 2.61. The van der Waals surface area contributed by atoms with Gasteiger partial charge in [-0.3, -0.25) is 9.99 Å². The van der Waals surface area contributed by atoms with Crippen LogP contribution in [0.25, 0.3) is 0 Å². The molecule has 0 saturated carbocycles. The van der Waals surface area contributed by atoms with Gasteiger partial charge in [-0.25, -0.2) is 0 Å². The van der Waals surface area contributed by atoms with Gasteiger partial charge in [0.15, 0.2) is 0 Å². The van der Waals surface area contributed by atoms with E-state index in [1.165, 1.54) is 0 Å². The molecule has 0 bridgehead atoms. The van der Waals surface area contributed by atoms with Crippen LogP contribution in [0.3, 0.4) is 0 Å². The van der Waals surface area contributed by atoms with Crippen LogP contribution in [0.15, 0.2) is 53.8 Å². The van der Waals surface area contributed by atoms with Crippen molar-refractivity contribution in [1.82, 2.24) is 9.99 Å². The van der Waals surface area contributed by atoms with Gasteiger partial charge in [0, 0.05) is 19.3 Å². The highest BCUT2D eigenvalue weighted by Gasteiger charge is 2.18. The van der Waals surface area contributed by atoms with E-state index >= 15 is 0 Å². The van der Waals surface area contributed by atoms with E-state index in [9.17, 15) is 0 Å². The van der Waals surface area contributed by atoms with Gasteiger partial charge >= 0.3 is 0 Å². The summed E-state index contributed by atoms with van der Waals surface area (Å²) >= 11 is 0. The first-order valence-corrected chi connectivity index (χ1v) is 7.45. The fourth-order valence-corrected chi connectivity index (χ4v) is 2.54. The highest BCUT2D eigenvalue weighted by molar-refractivity contribution is 5.76. The number of nitrogens with zero attached hydrogens (tertiary/aromatic N) is 4. The van der Waals surface area contributed by atoms with Crippen molar-refractivity contribution in [3.05, 3.63) is 54.4 Å². The van der Waals surface area contributed by atoms with E-state index < -0.39 is 0 Å². The molecule has 2 aromatic rings. The van der Waals surface area contributed by atoms with Crippen molar-refractivity contribution in [1.29, 1.82) is 0 Å². The summed E-state index contributed by atoms with van der Waals surface area (Å²) in [5, 5.41) is 6.60. The van der Waals surface area contributed by atoms with Crippen molar-refractivity contribution in [3.63, 3.8) is 0 Å². The summed E-state index contributed by atoms with van der Waals surface area (Å²) in [7, 11) is 1.71. The second kappa shape index (κ2) is 6.93. The maximum atomic E-state index is 5.44. The number of hydrogen-bond acceptors (Lipinski definition) is 5. The monoisotopic (exact) mass is 296 g/mol. The Morgan fingerprint density at radius 3 is 2.55 bits per heavy atom. The number of piperazine rings is 1. The van der Waals surface area contributed by atoms with Crippen molar-refractivity contribution < 1.29 is 4.74 Å². The number of methoxy groups -OCH3 is 1. The first-order chi connectivity index (χ1) is 10.9. The van der Waals surface area contributed by atoms with Crippen molar-refractivity contribution in [2.45, 2.75) is 0 Å². The number of ether oxygens (including phenoxy) is 1. The number of aromatic nitrogens is 1. The summed E-state index contributed by atoms with van der Waals surface area (Å²) in [6.45, 7) is 3.64. The third kappa shape index (κ3) is 3.36. The molecule has 114 valence electrons. The smallest absolute Gasteiger partial charge is 0.142 e. The van der Waals surface area contributed by atoms with Crippen molar-refractivity contribution in [2.24, 2.45) is 5.10 Å². The van der Waals surface area contributed by atoms with Crippen LogP contribution in [0.2, 0.25) is 0 Å². The van der Waals surface area contributed by atoms with E-state index in [2.05, 4.69) is 26.1 Å². The Morgan fingerprint density at radius 1 is 1.05 bits per heavy atom. The lowest BCUT2D eigenvalue weighted by atomic mass is 10.2. The Morgan fingerprint density at radius 2 is 1.82 bits per heavy atom. The maximum absolute atomic E-state index is 5.44. The van der Waals surface area contributed by atoms with Crippen LogP contribution in [-0.4, -0.2) is 49.5 Å². The van der Waals surface area contributed by atoms with Crippen LogP contribution in [0, 0.1) is 0 Å². The Balaban J connectivity index is 1.60. The molecule has 0 amide bonds. The minimum atomic E-state index is 0.884. The fourth-order valence-electron chi connectivity index (χ4n) is 2.54. The largest absolute Gasteiger partial charge is 0.495 e. The van der Waals surface area contributed by atoms with Crippen LogP contribution < -0.4 is 9.64 Å². The van der Waals surface area contributed by atoms with E-state index in [1.807, 2.05) is 42.6 Å². The molecule has 1 aromatic heterocycles. The van der Waals surface area contributed by atoms with E-state index in [4.69, 9.17) is 4.74 Å². The molecule has 0 atom stereocenters. The van der Waals surface area contributed by atoms with E-state index in [0.29, 0.717) is 0 Å². The number of hydrazone groups is 1. The van der Waals surface area contributed by atoms with Crippen LogP contribution in [0.4, 0.5) is 5.69 Å². The highest BCUT2D eigenvalue weighted by Crippen LogP contribution is 2.28. The molecular weight excluding hydrogens is 276 g/mol. The second-order valence-electron chi connectivity index (χ2n) is 5.11. The predicted molar refractivity (Wildman–Crippen MR) is 88.6 cm³/mol. The Hall–Kier alpha value is -2.56. The number of anilines is 1. The molecule has 1 fully saturated rings. The van der Waals surface area contributed by atoms with Crippen LogP contribution in [0.1, 0.15) is 5.69 Å². The van der Waals surface area contributed by atoms with Crippen molar-refractivity contribution in [3.8, 4) is 5.75 Å². The van der Waals surface area contributed by atoms with E-state index in [0.717, 1.165) is 43.3 Å². The van der Waals surface area contributed by atoms with Crippen molar-refractivity contribution >= 4 is 11.9 Å². The van der Waals surface area contributed by atoms with Gasteiger partial charge in [-0.1, -0.05) is 18.2 Å². The molecule has 1 aliphatic rings. The topological polar surface area (TPSA) is 41.0 Å². The molecular formula is C17H20N4O. The lowest BCUT2D eigenvalue weighted by molar-refractivity contribution is 0.271. The fraction of sp³-hybridized carbons (Fsp3) is 0.294. The summed E-state index contributed by atoms with van der Waals surface area (Å²) in [6.07, 6.45) is 3.60. The van der Waals surface area contributed by atoms with E-state index in [1.54, 1.807) is 13.3 Å². The number of pyridine rings is 1. The quantitative estimate of drug-likeness (QED) is 0.812. The number of hydrogen-bond donors (Lipinski definition) is 0. The number of rotatable bonds is 4. The lowest BCUT2D eigenvalue weighted by Crippen LogP contribution is -2.44. The van der Waals surface area contributed by atoms with Gasteiger partial charge in [-0.15, -0.1) is 0 Å². The molecule has 0 spiro atoms. The van der Waals surface area contributed by atoms with Gasteiger partial charge in [-0.05, 0) is 24.3 Å². The standard InChI is InChI=1S/C17H20N4O/c1-22-17-8-3-2-7-16(17)20-10-12-21(13-11-20)19-14-15-6-4-5-9-18-15/h2-9,14H,10-13H2,1H3. The summed E-state index contributed by atoms with van der Waals surface area (Å²) in [4.78, 5) is 6.58. The highest BCUT2D eigenvalue weighted by atomic mass is 16.5. The van der Waals surface area contributed by atoms with Gasteiger partial charge in [0.25, 0.3) is 0 Å². The molecule has 1 aromatic carbocycles. The number of benzene rings is 1. The first kappa shape index (κ1) is 14.4. The molecule has 0 N–H and O–H groups in total. The van der Waals surface area contributed by atoms with E-state index in [-0.39, 0.29) is 0 Å². The minimum absolute atomic E-state index is 0.884. The molecule has 1 saturated heterocycles. The molecule has 0 aliphatic carbocycles. The third-order valence-corrected chi connectivity index (χ3v) is 3.72. The zero-order chi connectivity index (χ0) is 15.2. The molecule has 0 unspecified atom stereocenters. The molecule has 1 aliphatic heterocycles. The van der Waals surface area contributed by atoms with Crippen LogP contribution >= 0.6 is 0 Å². The van der Waals surface area contributed by atoms with Crippen LogP contribution in [0.5, 0.6) is 5.75 Å². The number of para-hydroxylation sites is 2. The Labute approximate surface area is 130 Å². The zero-order valence-electron chi connectivity index (χ0n) is 12.7. The normalized spacial score (nSPS) is 15.3. The molecule has 3 rings (SSSR count). The molecule has 2 heterocycles. The second-order valence-corrected chi connectivity index (χ2v) is 5.11. The van der Waals surface area contributed by atoms with Gasteiger partial charge in [0.05, 0.1) is 37.8 Å².